The number of hydrogen-bond acceptors (Lipinski definition) is 4. The fourth-order valence-corrected chi connectivity index (χ4v) is 5.64. The fraction of sp³-hybridized carbons (Fsp3) is 0.355. The molecule has 1 atom stereocenters. The number of carbonyl (C=O) groups excluding carboxylic acids is 2. The van der Waals surface area contributed by atoms with Crippen molar-refractivity contribution in [3.8, 4) is 0 Å². The molecule has 2 amide bonds. The van der Waals surface area contributed by atoms with Gasteiger partial charge < -0.3 is 19.9 Å². The molecule has 1 saturated heterocycles. The predicted molar refractivity (Wildman–Crippen MR) is 157 cm³/mol. The van der Waals surface area contributed by atoms with E-state index in [-0.39, 0.29) is 11.8 Å². The lowest BCUT2D eigenvalue weighted by Gasteiger charge is -2.42. The lowest BCUT2D eigenvalue weighted by atomic mass is 9.80. The normalized spacial score (nSPS) is 15.8. The smallest absolute Gasteiger partial charge is 0.407 e. The van der Waals surface area contributed by atoms with Crippen LogP contribution in [0.5, 0.6) is 0 Å². The van der Waals surface area contributed by atoms with Crippen molar-refractivity contribution >= 4 is 35.2 Å². The Bertz CT molecular complexity index is 1250. The molecular weight excluding hydrogens is 533 g/mol. The van der Waals surface area contributed by atoms with Gasteiger partial charge in [-0.05, 0) is 61.2 Å². The van der Waals surface area contributed by atoms with Crippen LogP contribution in [-0.2, 0) is 10.3 Å². The summed E-state index contributed by atoms with van der Waals surface area (Å²) in [4.78, 5) is 29.5. The van der Waals surface area contributed by atoms with Crippen LogP contribution in [0.2, 0.25) is 10.0 Å². The van der Waals surface area contributed by atoms with Crippen molar-refractivity contribution in [1.29, 1.82) is 0 Å². The molecule has 1 aliphatic rings. The van der Waals surface area contributed by atoms with Gasteiger partial charge in [0.2, 0.25) is 0 Å². The minimum atomic E-state index is -0.462. The number of nitrogens with zero attached hydrogens (tertiary/aromatic N) is 2. The van der Waals surface area contributed by atoms with E-state index in [2.05, 4.69) is 22.3 Å². The molecule has 0 aliphatic carbocycles. The molecule has 0 saturated carbocycles. The highest BCUT2D eigenvalue weighted by Crippen LogP contribution is 2.34. The number of likely N-dealkylation sites (N-methyl/N-ethyl adjacent to an activating group) is 1. The van der Waals surface area contributed by atoms with Crippen molar-refractivity contribution < 1.29 is 14.3 Å². The maximum Gasteiger partial charge on any atom is 0.407 e. The summed E-state index contributed by atoms with van der Waals surface area (Å²) in [5.74, 6) is 0.0617. The molecule has 0 aromatic heterocycles. The zero-order valence-electron chi connectivity index (χ0n) is 22.4. The number of methoxy groups -OCH3 is 1. The highest BCUT2D eigenvalue weighted by Gasteiger charge is 2.38. The largest absolute Gasteiger partial charge is 0.453 e. The van der Waals surface area contributed by atoms with Crippen molar-refractivity contribution in [1.82, 2.24) is 15.1 Å². The molecule has 0 spiro atoms. The number of ether oxygens (including phenoxy) is 1. The third-order valence-corrected chi connectivity index (χ3v) is 8.37. The van der Waals surface area contributed by atoms with E-state index < -0.39 is 11.6 Å². The summed E-state index contributed by atoms with van der Waals surface area (Å²) in [6.07, 6.45) is 1.97. The quantitative estimate of drug-likeness (QED) is 0.317. The van der Waals surface area contributed by atoms with Crippen LogP contribution in [-0.4, -0.2) is 62.1 Å². The number of likely N-dealkylation sites (tertiary alicyclic amines) is 1. The van der Waals surface area contributed by atoms with E-state index in [0.717, 1.165) is 50.0 Å². The first-order valence-electron chi connectivity index (χ1n) is 13.2. The Morgan fingerprint density at radius 3 is 2.23 bits per heavy atom. The predicted octanol–water partition coefficient (Wildman–Crippen LogP) is 6.59. The van der Waals surface area contributed by atoms with Gasteiger partial charge >= 0.3 is 6.09 Å². The third-order valence-electron chi connectivity index (χ3n) is 7.63. The van der Waals surface area contributed by atoms with Gasteiger partial charge in [0.1, 0.15) is 0 Å². The lowest BCUT2D eigenvalue weighted by molar-refractivity contribution is 0.0777. The Morgan fingerprint density at radius 2 is 1.62 bits per heavy atom. The molecule has 0 bridgehead atoms. The molecule has 206 valence electrons. The molecular formula is C31H35Cl2N3O3. The molecule has 0 radical (unpaired) electrons. The second-order valence-electron chi connectivity index (χ2n) is 10.1. The maximum absolute atomic E-state index is 13.1. The average Bonchev–Trinajstić information content (AvgIpc) is 2.97. The summed E-state index contributed by atoms with van der Waals surface area (Å²) >= 11 is 12.6. The first-order chi connectivity index (χ1) is 18.8. The SMILES string of the molecule is COC(=O)NC1(c2ccccc2)CCN(CCC(CN(C)C(=O)c2ccccc2)c2ccc(Cl)c(Cl)c2)CC1. The van der Waals surface area contributed by atoms with Gasteiger partial charge in [0.25, 0.3) is 5.91 Å². The molecule has 1 fully saturated rings. The van der Waals surface area contributed by atoms with E-state index in [1.165, 1.54) is 7.11 Å². The topological polar surface area (TPSA) is 61.9 Å². The first kappa shape index (κ1) is 28.9. The minimum absolute atomic E-state index is 0.0137. The second kappa shape index (κ2) is 13.3. The highest BCUT2D eigenvalue weighted by molar-refractivity contribution is 6.42. The summed E-state index contributed by atoms with van der Waals surface area (Å²) in [5.41, 5.74) is 2.35. The van der Waals surface area contributed by atoms with Gasteiger partial charge in [-0.2, -0.15) is 0 Å². The molecule has 3 aromatic rings. The van der Waals surface area contributed by atoms with E-state index in [9.17, 15) is 9.59 Å². The summed E-state index contributed by atoms with van der Waals surface area (Å²) < 4.78 is 4.94. The Kier molecular flexibility index (Phi) is 9.89. The molecule has 1 unspecified atom stereocenters. The molecule has 3 aromatic carbocycles. The van der Waals surface area contributed by atoms with Gasteiger partial charge in [0.15, 0.2) is 0 Å². The van der Waals surface area contributed by atoms with Gasteiger partial charge in [-0.1, -0.05) is 77.8 Å². The fourth-order valence-electron chi connectivity index (χ4n) is 5.33. The second-order valence-corrected chi connectivity index (χ2v) is 10.9. The van der Waals surface area contributed by atoms with E-state index in [1.54, 1.807) is 4.90 Å². The monoisotopic (exact) mass is 567 g/mol. The first-order valence-corrected chi connectivity index (χ1v) is 14.0. The number of carbonyl (C=O) groups is 2. The van der Waals surface area contributed by atoms with Crippen LogP contribution in [0.4, 0.5) is 4.79 Å². The Morgan fingerprint density at radius 1 is 0.974 bits per heavy atom. The molecule has 8 heteroatoms. The zero-order chi connectivity index (χ0) is 27.8. The molecule has 1 N–H and O–H groups in total. The maximum atomic E-state index is 13.1. The Balaban J connectivity index is 1.45. The Hall–Kier alpha value is -3.06. The van der Waals surface area contributed by atoms with Crippen molar-refractivity contribution in [3.63, 3.8) is 0 Å². The van der Waals surface area contributed by atoms with E-state index in [4.69, 9.17) is 27.9 Å². The number of halogens is 2. The van der Waals surface area contributed by atoms with Crippen molar-refractivity contribution in [2.75, 3.05) is 40.3 Å². The Labute approximate surface area is 240 Å². The van der Waals surface area contributed by atoms with Gasteiger partial charge in [0.05, 0.1) is 22.7 Å². The van der Waals surface area contributed by atoms with Gasteiger partial charge in [0, 0.05) is 38.2 Å². The molecule has 39 heavy (non-hydrogen) atoms. The number of hydrogen-bond donors (Lipinski definition) is 1. The number of rotatable bonds is 9. The van der Waals surface area contributed by atoms with Crippen molar-refractivity contribution in [2.24, 2.45) is 0 Å². The summed E-state index contributed by atoms with van der Waals surface area (Å²) in [5, 5.41) is 4.14. The number of nitrogens with one attached hydrogen (secondary N) is 1. The van der Waals surface area contributed by atoms with Crippen LogP contribution in [0.1, 0.15) is 46.7 Å². The minimum Gasteiger partial charge on any atom is -0.453 e. The number of benzene rings is 3. The van der Waals surface area contributed by atoms with Crippen molar-refractivity contribution in [2.45, 2.75) is 30.7 Å². The van der Waals surface area contributed by atoms with Gasteiger partial charge in [-0.25, -0.2) is 4.79 Å². The highest BCUT2D eigenvalue weighted by atomic mass is 35.5. The van der Waals surface area contributed by atoms with E-state index in [0.29, 0.717) is 22.2 Å². The van der Waals surface area contributed by atoms with Gasteiger partial charge in [-0.3, -0.25) is 4.79 Å². The van der Waals surface area contributed by atoms with Gasteiger partial charge in [-0.15, -0.1) is 0 Å². The van der Waals surface area contributed by atoms with Crippen LogP contribution < -0.4 is 5.32 Å². The molecule has 1 heterocycles. The lowest BCUT2D eigenvalue weighted by Crippen LogP contribution is -2.53. The van der Waals surface area contributed by atoms with Crippen LogP contribution >= 0.6 is 23.2 Å². The number of amides is 2. The van der Waals surface area contributed by atoms with Crippen LogP contribution in [0.25, 0.3) is 0 Å². The molecule has 6 nitrogen and oxygen atoms in total. The molecule has 1 aliphatic heterocycles. The number of piperidine rings is 1. The number of alkyl carbamates (subject to hydrolysis) is 1. The summed E-state index contributed by atoms with van der Waals surface area (Å²) in [6, 6.07) is 25.1. The zero-order valence-corrected chi connectivity index (χ0v) is 23.9. The standard InChI is InChI=1S/C31H35Cl2N3O3/c1-35(29(37)23-9-5-3-6-10-23)22-25(24-13-14-27(32)28(33)21-24)15-18-36-19-16-31(17-20-36,34-30(38)39-2)26-11-7-4-8-12-26/h3-14,21,25H,15-20,22H2,1-2H3,(H,34,38). The average molecular weight is 569 g/mol. The third kappa shape index (κ3) is 7.33. The van der Waals surface area contributed by atoms with E-state index >= 15 is 0 Å². The summed E-state index contributed by atoms with van der Waals surface area (Å²) in [7, 11) is 3.24. The van der Waals surface area contributed by atoms with Crippen LogP contribution in [0.3, 0.4) is 0 Å². The summed E-state index contributed by atoms with van der Waals surface area (Å²) in [6.45, 7) is 3.05. The van der Waals surface area contributed by atoms with Crippen LogP contribution in [0.15, 0.2) is 78.9 Å². The van der Waals surface area contributed by atoms with Crippen molar-refractivity contribution in [3.05, 3.63) is 106 Å². The molecule has 4 rings (SSSR count). The van der Waals surface area contributed by atoms with E-state index in [1.807, 2.05) is 73.8 Å². The van der Waals surface area contributed by atoms with Crippen LogP contribution in [0, 0.1) is 0 Å².